The van der Waals surface area contributed by atoms with Crippen molar-refractivity contribution >= 4 is 29.4 Å². The lowest BCUT2D eigenvalue weighted by Crippen LogP contribution is -2.34. The van der Waals surface area contributed by atoms with Crippen molar-refractivity contribution < 1.29 is 24.0 Å². The van der Waals surface area contributed by atoms with Crippen LogP contribution >= 0.6 is 11.8 Å². The van der Waals surface area contributed by atoms with Gasteiger partial charge >= 0.3 is 11.9 Å². The zero-order valence-electron chi connectivity index (χ0n) is 20.4. The molecule has 190 valence electrons. The molecule has 0 fully saturated rings. The van der Waals surface area contributed by atoms with Crippen LogP contribution in [0.1, 0.15) is 36.9 Å². The van der Waals surface area contributed by atoms with Crippen LogP contribution in [0, 0.1) is 10.1 Å². The van der Waals surface area contributed by atoms with E-state index in [1.807, 2.05) is 30.3 Å². The molecule has 0 aliphatic carbocycles. The number of esters is 2. The lowest BCUT2D eigenvalue weighted by atomic mass is 9.80. The van der Waals surface area contributed by atoms with Gasteiger partial charge in [-0.25, -0.2) is 9.59 Å². The number of carbonyl (C=O) groups is 2. The first-order valence-corrected chi connectivity index (χ1v) is 12.5. The molecule has 0 spiro atoms. The van der Waals surface area contributed by atoms with Gasteiger partial charge in [-0.2, -0.15) is 11.8 Å². The lowest BCUT2D eigenvalue weighted by Gasteiger charge is -2.31. The Bertz CT molecular complexity index is 1200. The van der Waals surface area contributed by atoms with Crippen molar-refractivity contribution in [1.29, 1.82) is 0 Å². The van der Waals surface area contributed by atoms with Gasteiger partial charge < -0.3 is 20.5 Å². The molecule has 0 saturated carbocycles. The van der Waals surface area contributed by atoms with Gasteiger partial charge in [-0.3, -0.25) is 10.1 Å². The molecule has 0 radical (unpaired) electrons. The summed E-state index contributed by atoms with van der Waals surface area (Å²) in [5, 5.41) is 14.6. The smallest absolute Gasteiger partial charge is 0.336 e. The topological polar surface area (TPSA) is 134 Å². The van der Waals surface area contributed by atoms with Crippen molar-refractivity contribution in [3.05, 3.63) is 98.4 Å². The van der Waals surface area contributed by atoms with Crippen LogP contribution in [0.5, 0.6) is 0 Å². The van der Waals surface area contributed by atoms with E-state index in [1.54, 1.807) is 19.9 Å². The first kappa shape index (κ1) is 27.0. The van der Waals surface area contributed by atoms with Crippen LogP contribution in [0.3, 0.4) is 0 Å². The molecular formula is C26H29N3O6S. The first-order chi connectivity index (χ1) is 17.3. The SMILES string of the molecule is CCOC(=O)C1=C(CSCC(N)c2ccccc2)NC(C)=C(C(=O)OC)C1c1cccc([N+](=O)[O-])c1. The fourth-order valence-electron chi connectivity index (χ4n) is 4.08. The van der Waals surface area contributed by atoms with Crippen LogP contribution in [-0.2, 0) is 19.1 Å². The van der Waals surface area contributed by atoms with Crippen molar-refractivity contribution in [1.82, 2.24) is 5.32 Å². The molecule has 2 unspecified atom stereocenters. The number of ether oxygens (including phenoxy) is 2. The third-order valence-corrected chi connectivity index (χ3v) is 6.82. The molecule has 1 aliphatic heterocycles. The van der Waals surface area contributed by atoms with Crippen LogP contribution in [0.25, 0.3) is 0 Å². The molecule has 2 aromatic rings. The molecule has 1 heterocycles. The highest BCUT2D eigenvalue weighted by molar-refractivity contribution is 7.99. The van der Waals surface area contributed by atoms with Crippen LogP contribution in [0.2, 0.25) is 0 Å². The highest BCUT2D eigenvalue weighted by atomic mass is 32.2. The van der Waals surface area contributed by atoms with Crippen LogP contribution < -0.4 is 11.1 Å². The summed E-state index contributed by atoms with van der Waals surface area (Å²) in [4.78, 5) is 37.0. The second-order valence-electron chi connectivity index (χ2n) is 8.09. The summed E-state index contributed by atoms with van der Waals surface area (Å²) in [6.07, 6.45) is 0. The third-order valence-electron chi connectivity index (χ3n) is 5.73. The van der Waals surface area contributed by atoms with E-state index in [2.05, 4.69) is 5.32 Å². The Kier molecular flexibility index (Phi) is 9.26. The molecule has 3 rings (SSSR count). The van der Waals surface area contributed by atoms with E-state index >= 15 is 0 Å². The number of carbonyl (C=O) groups excluding carboxylic acids is 2. The number of nitrogens with zero attached hydrogens (tertiary/aromatic N) is 1. The number of thioether (sulfide) groups is 1. The summed E-state index contributed by atoms with van der Waals surface area (Å²) >= 11 is 1.52. The molecule has 2 atom stereocenters. The first-order valence-electron chi connectivity index (χ1n) is 11.4. The van der Waals surface area contributed by atoms with Crippen LogP contribution in [0.15, 0.2) is 77.1 Å². The maximum Gasteiger partial charge on any atom is 0.336 e. The highest BCUT2D eigenvalue weighted by Crippen LogP contribution is 2.41. The number of hydrogen-bond donors (Lipinski definition) is 2. The number of benzene rings is 2. The normalized spacial score (nSPS) is 16.3. The second kappa shape index (κ2) is 12.4. The van der Waals surface area contributed by atoms with E-state index in [0.29, 0.717) is 28.5 Å². The van der Waals surface area contributed by atoms with Crippen molar-refractivity contribution in [3.63, 3.8) is 0 Å². The number of nitro groups is 1. The van der Waals surface area contributed by atoms with E-state index in [4.69, 9.17) is 15.2 Å². The fourth-order valence-corrected chi connectivity index (χ4v) is 5.07. The summed E-state index contributed by atoms with van der Waals surface area (Å²) in [7, 11) is 1.25. The predicted molar refractivity (Wildman–Crippen MR) is 138 cm³/mol. The Balaban J connectivity index is 2.03. The van der Waals surface area contributed by atoms with Gasteiger partial charge in [-0.1, -0.05) is 42.5 Å². The highest BCUT2D eigenvalue weighted by Gasteiger charge is 2.39. The quantitative estimate of drug-likeness (QED) is 0.276. The van der Waals surface area contributed by atoms with Crippen LogP contribution in [0.4, 0.5) is 5.69 Å². The molecule has 2 aromatic carbocycles. The van der Waals surface area contributed by atoms with Gasteiger partial charge in [0.05, 0.1) is 35.7 Å². The number of nitrogens with two attached hydrogens (primary N) is 1. The van der Waals surface area contributed by atoms with E-state index in [0.717, 1.165) is 5.56 Å². The molecule has 0 amide bonds. The largest absolute Gasteiger partial charge is 0.466 e. The number of dihydropyridines is 1. The monoisotopic (exact) mass is 511 g/mol. The average Bonchev–Trinajstić information content (AvgIpc) is 2.88. The number of non-ortho nitro benzene ring substituents is 1. The number of nitro benzene ring substituents is 1. The van der Waals surface area contributed by atoms with Crippen molar-refractivity contribution in [3.8, 4) is 0 Å². The Hall–Kier alpha value is -3.63. The maximum atomic E-state index is 13.2. The zero-order chi connectivity index (χ0) is 26.2. The zero-order valence-corrected chi connectivity index (χ0v) is 21.2. The number of rotatable bonds is 10. The molecule has 0 bridgehead atoms. The van der Waals surface area contributed by atoms with Gasteiger partial charge in [0.1, 0.15) is 0 Å². The summed E-state index contributed by atoms with van der Waals surface area (Å²) in [6, 6.07) is 15.4. The summed E-state index contributed by atoms with van der Waals surface area (Å²) < 4.78 is 10.4. The van der Waals surface area contributed by atoms with Crippen molar-refractivity contribution in [2.75, 3.05) is 25.2 Å². The number of methoxy groups -OCH3 is 1. The molecule has 36 heavy (non-hydrogen) atoms. The van der Waals surface area contributed by atoms with Crippen LogP contribution in [-0.4, -0.2) is 42.1 Å². The minimum Gasteiger partial charge on any atom is -0.466 e. The minimum atomic E-state index is -0.906. The fraction of sp³-hybridized carbons (Fsp3) is 0.308. The molecule has 3 N–H and O–H groups in total. The summed E-state index contributed by atoms with van der Waals surface area (Å²) in [5.74, 6) is -1.20. The Morgan fingerprint density at radius 3 is 2.50 bits per heavy atom. The molecule has 10 heteroatoms. The predicted octanol–water partition coefficient (Wildman–Crippen LogP) is 3.98. The molecule has 0 aromatic heterocycles. The van der Waals surface area contributed by atoms with E-state index in [-0.39, 0.29) is 29.5 Å². The molecule has 1 aliphatic rings. The minimum absolute atomic E-state index is 0.125. The number of nitrogens with one attached hydrogen (secondary N) is 1. The Morgan fingerprint density at radius 2 is 1.86 bits per heavy atom. The molecule has 9 nitrogen and oxygen atoms in total. The van der Waals surface area contributed by atoms with Gasteiger partial charge in [-0.15, -0.1) is 0 Å². The maximum absolute atomic E-state index is 13.2. The van der Waals surface area contributed by atoms with Gasteiger partial charge in [0.15, 0.2) is 0 Å². The average molecular weight is 512 g/mol. The number of hydrogen-bond acceptors (Lipinski definition) is 9. The van der Waals surface area contributed by atoms with E-state index in [9.17, 15) is 19.7 Å². The van der Waals surface area contributed by atoms with E-state index in [1.165, 1.54) is 37.1 Å². The van der Waals surface area contributed by atoms with Gasteiger partial charge in [0, 0.05) is 41.1 Å². The van der Waals surface area contributed by atoms with Gasteiger partial charge in [0.25, 0.3) is 5.69 Å². The second-order valence-corrected chi connectivity index (χ2v) is 9.12. The van der Waals surface area contributed by atoms with Crippen molar-refractivity contribution in [2.45, 2.75) is 25.8 Å². The third kappa shape index (κ3) is 6.13. The lowest BCUT2D eigenvalue weighted by molar-refractivity contribution is -0.384. The van der Waals surface area contributed by atoms with Crippen molar-refractivity contribution in [2.24, 2.45) is 5.73 Å². The molecule has 0 saturated heterocycles. The summed E-state index contributed by atoms with van der Waals surface area (Å²) in [6.45, 7) is 3.52. The molecular weight excluding hydrogens is 482 g/mol. The number of allylic oxidation sites excluding steroid dienone is 1. The standard InChI is InChI=1S/C26H29N3O6S/c1-4-35-26(31)24-21(15-36-14-20(27)17-9-6-5-7-10-17)28-16(2)22(25(30)34-3)23(24)18-11-8-12-19(13-18)29(32)33/h5-13,20,23,28H,4,14-15,27H2,1-3H3. The summed E-state index contributed by atoms with van der Waals surface area (Å²) in [5.41, 5.74) is 9.05. The van der Waals surface area contributed by atoms with Gasteiger partial charge in [0.2, 0.25) is 0 Å². The van der Waals surface area contributed by atoms with Gasteiger partial charge in [-0.05, 0) is 25.0 Å². The van der Waals surface area contributed by atoms with E-state index < -0.39 is 22.8 Å². The Morgan fingerprint density at radius 1 is 1.14 bits per heavy atom. The Labute approximate surface area is 213 Å².